The fraction of sp³-hybridized carbons (Fsp3) is 0.500. The van der Waals surface area contributed by atoms with Crippen LogP contribution in [0.1, 0.15) is 23.9 Å². The third-order valence-corrected chi connectivity index (χ3v) is 2.52. The van der Waals surface area contributed by atoms with Gasteiger partial charge in [0.2, 0.25) is 0 Å². The highest BCUT2D eigenvalue weighted by Gasteiger charge is 2.22. The summed E-state index contributed by atoms with van der Waals surface area (Å²) in [6, 6.07) is 3.12. The zero-order chi connectivity index (χ0) is 13.5. The highest BCUT2D eigenvalue weighted by molar-refractivity contribution is 5.91. The van der Waals surface area contributed by atoms with E-state index in [-0.39, 0.29) is 24.8 Å². The van der Waals surface area contributed by atoms with Gasteiger partial charge >= 0.3 is 5.97 Å². The van der Waals surface area contributed by atoms with Gasteiger partial charge in [0.05, 0.1) is 12.2 Å². The van der Waals surface area contributed by atoms with E-state index in [1.807, 2.05) is 0 Å². The van der Waals surface area contributed by atoms with Gasteiger partial charge in [-0.3, -0.25) is 9.59 Å². The smallest absolute Gasteiger partial charge is 0.308 e. The number of carboxylic acid groups (broad SMARTS) is 1. The lowest BCUT2D eigenvalue weighted by atomic mass is 10.1. The van der Waals surface area contributed by atoms with Gasteiger partial charge in [0.1, 0.15) is 0 Å². The Morgan fingerprint density at radius 2 is 2.22 bits per heavy atom. The number of aliphatic hydroxyl groups is 1. The van der Waals surface area contributed by atoms with Crippen LogP contribution in [0.3, 0.4) is 0 Å². The van der Waals surface area contributed by atoms with Crippen LogP contribution in [0.2, 0.25) is 0 Å². The number of aliphatic carboxylic acids is 1. The van der Waals surface area contributed by atoms with Crippen LogP contribution in [-0.2, 0) is 4.79 Å². The van der Waals surface area contributed by atoms with Crippen molar-refractivity contribution in [1.29, 1.82) is 0 Å². The molecule has 0 aromatic carbocycles. The fourth-order valence-electron chi connectivity index (χ4n) is 1.50. The minimum Gasteiger partial charge on any atom is -0.481 e. The molecule has 0 spiro atoms. The van der Waals surface area contributed by atoms with Crippen LogP contribution < -0.4 is 0 Å². The Hall–Kier alpha value is -1.82. The van der Waals surface area contributed by atoms with Crippen LogP contribution in [0.4, 0.5) is 0 Å². The van der Waals surface area contributed by atoms with Gasteiger partial charge in [0.15, 0.2) is 5.76 Å². The summed E-state index contributed by atoms with van der Waals surface area (Å²) in [5.74, 6) is -1.81. The first-order chi connectivity index (χ1) is 8.56. The SMILES string of the molecule is CC(CN(CCCO)C(=O)c1ccco1)C(=O)O. The maximum Gasteiger partial charge on any atom is 0.308 e. The van der Waals surface area contributed by atoms with Crippen LogP contribution in [0, 0.1) is 5.92 Å². The maximum atomic E-state index is 12.0. The second-order valence-electron chi connectivity index (χ2n) is 4.04. The lowest BCUT2D eigenvalue weighted by molar-refractivity contribution is -0.141. The van der Waals surface area contributed by atoms with E-state index in [1.165, 1.54) is 24.2 Å². The number of aliphatic hydroxyl groups excluding tert-OH is 1. The summed E-state index contributed by atoms with van der Waals surface area (Å²) in [6.07, 6.45) is 1.79. The molecule has 0 aliphatic rings. The van der Waals surface area contributed by atoms with Gasteiger partial charge in [0, 0.05) is 19.7 Å². The maximum absolute atomic E-state index is 12.0. The molecule has 1 amide bonds. The lowest BCUT2D eigenvalue weighted by Gasteiger charge is -2.23. The first-order valence-electron chi connectivity index (χ1n) is 5.72. The van der Waals surface area contributed by atoms with E-state index in [1.54, 1.807) is 6.07 Å². The predicted octanol–water partition coefficient (Wildman–Crippen LogP) is 0.825. The molecule has 6 heteroatoms. The molecule has 1 heterocycles. The summed E-state index contributed by atoms with van der Waals surface area (Å²) in [6.45, 7) is 1.87. The number of carbonyl (C=O) groups is 2. The summed E-state index contributed by atoms with van der Waals surface area (Å²) >= 11 is 0. The van der Waals surface area contributed by atoms with Crippen molar-refractivity contribution < 1.29 is 24.2 Å². The lowest BCUT2D eigenvalue weighted by Crippen LogP contribution is -2.37. The van der Waals surface area contributed by atoms with Crippen molar-refractivity contribution in [2.45, 2.75) is 13.3 Å². The molecule has 1 unspecified atom stereocenters. The van der Waals surface area contributed by atoms with Gasteiger partial charge < -0.3 is 19.5 Å². The number of carbonyl (C=O) groups excluding carboxylic acids is 1. The van der Waals surface area contributed by atoms with Crippen molar-refractivity contribution in [3.63, 3.8) is 0 Å². The van der Waals surface area contributed by atoms with Crippen LogP contribution in [0.5, 0.6) is 0 Å². The molecule has 18 heavy (non-hydrogen) atoms. The average Bonchev–Trinajstić information content (AvgIpc) is 2.86. The normalized spacial score (nSPS) is 12.1. The topological polar surface area (TPSA) is 91.0 Å². The second kappa shape index (κ2) is 6.80. The standard InChI is InChI=1S/C12H17NO5/c1-9(12(16)17)8-13(5-3-6-14)11(15)10-4-2-7-18-10/h2,4,7,9,14H,3,5-6,8H2,1H3,(H,16,17). The minimum atomic E-state index is -0.962. The van der Waals surface area contributed by atoms with Gasteiger partial charge in [-0.2, -0.15) is 0 Å². The Morgan fingerprint density at radius 1 is 1.50 bits per heavy atom. The number of amides is 1. The molecule has 100 valence electrons. The monoisotopic (exact) mass is 255 g/mol. The van der Waals surface area contributed by atoms with Crippen LogP contribution >= 0.6 is 0 Å². The number of nitrogens with zero attached hydrogens (tertiary/aromatic N) is 1. The molecule has 0 fully saturated rings. The summed E-state index contributed by atoms with van der Waals surface area (Å²) < 4.78 is 5.00. The molecule has 0 aliphatic heterocycles. The fourth-order valence-corrected chi connectivity index (χ4v) is 1.50. The number of furan rings is 1. The number of hydrogen-bond donors (Lipinski definition) is 2. The zero-order valence-electron chi connectivity index (χ0n) is 10.2. The first kappa shape index (κ1) is 14.2. The third-order valence-electron chi connectivity index (χ3n) is 2.52. The number of hydrogen-bond acceptors (Lipinski definition) is 4. The van der Waals surface area contributed by atoms with E-state index in [9.17, 15) is 9.59 Å². The van der Waals surface area contributed by atoms with Crippen molar-refractivity contribution in [2.24, 2.45) is 5.92 Å². The molecule has 0 aliphatic carbocycles. The van der Waals surface area contributed by atoms with Gasteiger partial charge in [-0.15, -0.1) is 0 Å². The van der Waals surface area contributed by atoms with Crippen LogP contribution in [-0.4, -0.2) is 46.7 Å². The molecule has 1 rings (SSSR count). The average molecular weight is 255 g/mol. The second-order valence-corrected chi connectivity index (χ2v) is 4.04. The first-order valence-corrected chi connectivity index (χ1v) is 5.72. The van der Waals surface area contributed by atoms with E-state index >= 15 is 0 Å². The Bertz CT molecular complexity index is 387. The third kappa shape index (κ3) is 3.89. The summed E-state index contributed by atoms with van der Waals surface area (Å²) in [4.78, 5) is 24.2. The molecule has 0 radical (unpaired) electrons. The van der Waals surface area contributed by atoms with Crippen molar-refractivity contribution >= 4 is 11.9 Å². The van der Waals surface area contributed by atoms with Gasteiger partial charge in [0.25, 0.3) is 5.91 Å². The number of carboxylic acids is 1. The molecule has 1 aromatic rings. The van der Waals surface area contributed by atoms with Crippen molar-refractivity contribution in [3.8, 4) is 0 Å². The van der Waals surface area contributed by atoms with Crippen molar-refractivity contribution in [2.75, 3.05) is 19.7 Å². The van der Waals surface area contributed by atoms with Crippen LogP contribution in [0.25, 0.3) is 0 Å². The highest BCUT2D eigenvalue weighted by Crippen LogP contribution is 2.09. The quantitative estimate of drug-likeness (QED) is 0.752. The Morgan fingerprint density at radius 3 is 2.72 bits per heavy atom. The number of rotatable bonds is 7. The molecular formula is C12H17NO5. The Balaban J connectivity index is 2.71. The minimum absolute atomic E-state index is 0.0522. The van der Waals surface area contributed by atoms with Crippen molar-refractivity contribution in [3.05, 3.63) is 24.2 Å². The van der Waals surface area contributed by atoms with Crippen LogP contribution in [0.15, 0.2) is 22.8 Å². The van der Waals surface area contributed by atoms with Gasteiger partial charge in [-0.05, 0) is 18.6 Å². The molecular weight excluding hydrogens is 238 g/mol. The molecule has 2 N–H and O–H groups in total. The molecule has 6 nitrogen and oxygen atoms in total. The summed E-state index contributed by atoms with van der Waals surface area (Å²) in [7, 11) is 0. The highest BCUT2D eigenvalue weighted by atomic mass is 16.4. The molecule has 0 bridgehead atoms. The summed E-state index contributed by atoms with van der Waals surface area (Å²) in [5.41, 5.74) is 0. The molecule has 0 saturated carbocycles. The summed E-state index contributed by atoms with van der Waals surface area (Å²) in [5, 5.41) is 17.7. The largest absolute Gasteiger partial charge is 0.481 e. The molecule has 1 aromatic heterocycles. The van der Waals surface area contributed by atoms with E-state index in [4.69, 9.17) is 14.6 Å². The Labute approximate surface area is 105 Å². The molecule has 1 atom stereocenters. The zero-order valence-corrected chi connectivity index (χ0v) is 10.2. The Kier molecular flexibility index (Phi) is 5.38. The van der Waals surface area contributed by atoms with Gasteiger partial charge in [-0.1, -0.05) is 6.92 Å². The van der Waals surface area contributed by atoms with Gasteiger partial charge in [-0.25, -0.2) is 0 Å². The predicted molar refractivity (Wildman–Crippen MR) is 63.1 cm³/mol. The van der Waals surface area contributed by atoms with E-state index in [0.717, 1.165) is 0 Å². The van der Waals surface area contributed by atoms with Crippen molar-refractivity contribution in [1.82, 2.24) is 4.90 Å². The van der Waals surface area contributed by atoms with E-state index in [2.05, 4.69) is 0 Å². The molecule has 0 saturated heterocycles. The van der Waals surface area contributed by atoms with E-state index < -0.39 is 11.9 Å². The van der Waals surface area contributed by atoms with E-state index in [0.29, 0.717) is 13.0 Å².